The molecule has 0 aliphatic carbocycles. The molecular weight excluding hydrogens is 454 g/mol. The summed E-state index contributed by atoms with van der Waals surface area (Å²) in [6.45, 7) is 3.68. The second-order valence-corrected chi connectivity index (χ2v) is 8.88. The molecule has 0 fully saturated rings. The number of benzene rings is 2. The van der Waals surface area contributed by atoms with Crippen molar-refractivity contribution in [3.8, 4) is 11.1 Å². The predicted octanol–water partition coefficient (Wildman–Crippen LogP) is 6.73. The molecule has 3 nitrogen and oxygen atoms in total. The monoisotopic (exact) mass is 477 g/mol. The van der Waals surface area contributed by atoms with Crippen LogP contribution in [0.1, 0.15) is 43.5 Å². The highest BCUT2D eigenvalue weighted by molar-refractivity contribution is 7.82. The van der Waals surface area contributed by atoms with Crippen LogP contribution < -0.4 is 4.72 Å². The minimum Gasteiger partial charge on any atom is -0.344 e. The zero-order valence-electron chi connectivity index (χ0n) is 17.6. The molecule has 1 N–H and O–H groups in total. The van der Waals surface area contributed by atoms with E-state index in [0.717, 1.165) is 12.3 Å². The second-order valence-electron chi connectivity index (χ2n) is 7.63. The molecule has 2 aromatic carbocycles. The third-order valence-electron chi connectivity index (χ3n) is 5.42. The van der Waals surface area contributed by atoms with E-state index in [1.165, 1.54) is 42.6 Å². The lowest BCUT2D eigenvalue weighted by atomic mass is 9.97. The predicted molar refractivity (Wildman–Crippen MR) is 115 cm³/mol. The lowest BCUT2D eigenvalue weighted by Crippen LogP contribution is -2.34. The third kappa shape index (κ3) is 4.85. The number of fused-ring (bicyclic) bond motifs is 1. The maximum absolute atomic E-state index is 13.8. The van der Waals surface area contributed by atoms with Gasteiger partial charge in [-0.1, -0.05) is 41.5 Å². The van der Waals surface area contributed by atoms with Crippen LogP contribution in [0.2, 0.25) is 0 Å². The Labute approximate surface area is 184 Å². The molecule has 3 rings (SSSR count). The molecule has 10 heteroatoms. The number of rotatable bonds is 6. The highest BCUT2D eigenvalue weighted by atomic mass is 32.2. The number of hydrogen-bond donors (Lipinski definition) is 1. The molecule has 3 atom stereocenters. The van der Waals surface area contributed by atoms with Crippen molar-refractivity contribution in [2.45, 2.75) is 44.7 Å². The molecule has 0 aliphatic heterocycles. The summed E-state index contributed by atoms with van der Waals surface area (Å²) >= 11 is 0. The Hall–Kier alpha value is -2.33. The van der Waals surface area contributed by atoms with Crippen molar-refractivity contribution in [3.05, 3.63) is 59.8 Å². The van der Waals surface area contributed by atoms with E-state index in [0.29, 0.717) is 11.9 Å². The average Bonchev–Trinajstić information content (AvgIpc) is 3.08. The van der Waals surface area contributed by atoms with Crippen LogP contribution in [0.3, 0.4) is 0 Å². The van der Waals surface area contributed by atoms with Gasteiger partial charge < -0.3 is 4.57 Å². The first-order valence-electron chi connectivity index (χ1n) is 9.89. The van der Waals surface area contributed by atoms with Gasteiger partial charge in [-0.05, 0) is 36.6 Å². The molecule has 0 amide bonds. The van der Waals surface area contributed by atoms with Gasteiger partial charge in [0.15, 0.2) is 6.04 Å². The van der Waals surface area contributed by atoms with Crippen LogP contribution in [0.15, 0.2) is 48.7 Å². The molecule has 0 aliphatic rings. The van der Waals surface area contributed by atoms with E-state index in [4.69, 9.17) is 0 Å². The van der Waals surface area contributed by atoms with Crippen LogP contribution in [-0.2, 0) is 21.4 Å². The quantitative estimate of drug-likeness (QED) is 0.238. The van der Waals surface area contributed by atoms with Gasteiger partial charge in [-0.3, -0.25) is 0 Å². The smallest absolute Gasteiger partial charge is 0.344 e. The summed E-state index contributed by atoms with van der Waals surface area (Å²) in [7, 11) is -2.31. The van der Waals surface area contributed by atoms with Crippen molar-refractivity contribution in [1.29, 1.82) is 0 Å². The number of aromatic nitrogens is 1. The SMILES string of the molecule is CCC(C)n1cc(C(N[SH+](C)=O)C(F)(F)F)c2ccc(-c3ccccc3C(F)(F)F)cc21. The third-order valence-corrected chi connectivity index (χ3v) is 6.05. The van der Waals surface area contributed by atoms with Gasteiger partial charge in [-0.2, -0.15) is 26.3 Å². The van der Waals surface area contributed by atoms with Gasteiger partial charge in [0.2, 0.25) is 0 Å². The summed E-state index contributed by atoms with van der Waals surface area (Å²) in [5.74, 6) is 0. The maximum atomic E-state index is 13.8. The normalized spacial score (nSPS) is 15.7. The maximum Gasteiger partial charge on any atom is 0.417 e. The van der Waals surface area contributed by atoms with Crippen LogP contribution >= 0.6 is 0 Å². The fourth-order valence-corrected chi connectivity index (χ4v) is 4.37. The molecule has 0 spiro atoms. The lowest BCUT2D eigenvalue weighted by Gasteiger charge is -2.17. The first kappa shape index (κ1) is 24.3. The molecule has 1 aromatic heterocycles. The van der Waals surface area contributed by atoms with E-state index >= 15 is 0 Å². The van der Waals surface area contributed by atoms with Crippen LogP contribution in [-0.4, -0.2) is 17.0 Å². The zero-order chi connectivity index (χ0) is 23.8. The number of hydrogen-bond acceptors (Lipinski definition) is 1. The van der Waals surface area contributed by atoms with Gasteiger partial charge in [0, 0.05) is 28.7 Å². The first-order chi connectivity index (χ1) is 14.8. The number of nitrogens with one attached hydrogen (secondary N) is 1. The van der Waals surface area contributed by atoms with Crippen molar-refractivity contribution < 1.29 is 30.6 Å². The molecule has 32 heavy (non-hydrogen) atoms. The number of halogens is 6. The standard InChI is InChI=1S/C22H22F6N2OS/c1-4-13(2)30-12-17(20(22(26,27)28)29-32(3)31)16-10-9-14(11-19(16)30)15-7-5-6-8-18(15)21(23,24)25/h5-13,20H,4H2,1-3H3,(H,29,31)/p+1. The van der Waals surface area contributed by atoms with E-state index in [1.807, 2.05) is 13.8 Å². The largest absolute Gasteiger partial charge is 0.417 e. The Kier molecular flexibility index (Phi) is 6.76. The van der Waals surface area contributed by atoms with Gasteiger partial charge in [0.05, 0.1) is 5.56 Å². The molecule has 174 valence electrons. The average molecular weight is 477 g/mol. The highest BCUT2D eigenvalue weighted by Gasteiger charge is 2.45. The molecule has 3 unspecified atom stereocenters. The van der Waals surface area contributed by atoms with Gasteiger partial charge in [-0.25, -0.2) is 0 Å². The Morgan fingerprint density at radius 1 is 1.06 bits per heavy atom. The fraction of sp³-hybridized carbons (Fsp3) is 0.364. The Balaban J connectivity index is 2.28. The van der Waals surface area contributed by atoms with Crippen molar-refractivity contribution in [2.24, 2.45) is 0 Å². The summed E-state index contributed by atoms with van der Waals surface area (Å²) in [4.78, 5) is 0. The minimum absolute atomic E-state index is 0.0533. The summed E-state index contributed by atoms with van der Waals surface area (Å²) in [6, 6.07) is 6.97. The Morgan fingerprint density at radius 2 is 1.72 bits per heavy atom. The highest BCUT2D eigenvalue weighted by Crippen LogP contribution is 2.41. The summed E-state index contributed by atoms with van der Waals surface area (Å²) in [5.41, 5.74) is -0.362. The van der Waals surface area contributed by atoms with Gasteiger partial charge >= 0.3 is 12.4 Å². The van der Waals surface area contributed by atoms with Crippen LogP contribution in [0, 0.1) is 0 Å². The first-order valence-corrected chi connectivity index (χ1v) is 11.6. The van der Waals surface area contributed by atoms with Crippen molar-refractivity contribution in [2.75, 3.05) is 6.26 Å². The van der Waals surface area contributed by atoms with Crippen LogP contribution in [0.5, 0.6) is 0 Å². The van der Waals surface area contributed by atoms with Gasteiger partial charge in [0.1, 0.15) is 17.2 Å². The Bertz CT molecular complexity index is 1140. The van der Waals surface area contributed by atoms with Gasteiger partial charge in [0.25, 0.3) is 0 Å². The van der Waals surface area contributed by atoms with E-state index in [-0.39, 0.29) is 28.1 Å². The summed E-state index contributed by atoms with van der Waals surface area (Å²) < 4.78 is 97.2. The molecule has 0 radical (unpaired) electrons. The van der Waals surface area contributed by atoms with Gasteiger partial charge in [-0.15, -0.1) is 4.72 Å². The lowest BCUT2D eigenvalue weighted by molar-refractivity contribution is -0.152. The topological polar surface area (TPSA) is 34.0 Å². The molecule has 0 saturated heterocycles. The molecule has 0 bridgehead atoms. The zero-order valence-corrected chi connectivity index (χ0v) is 18.4. The van der Waals surface area contributed by atoms with Crippen molar-refractivity contribution >= 4 is 21.9 Å². The number of nitrogens with zero attached hydrogens (tertiary/aromatic N) is 1. The van der Waals surface area contributed by atoms with E-state index < -0.39 is 34.9 Å². The summed E-state index contributed by atoms with van der Waals surface area (Å²) in [6.07, 6.45) is -6.20. The van der Waals surface area contributed by atoms with Crippen LogP contribution in [0.4, 0.5) is 26.3 Å². The minimum atomic E-state index is -4.71. The van der Waals surface area contributed by atoms with E-state index in [9.17, 15) is 30.6 Å². The van der Waals surface area contributed by atoms with Crippen molar-refractivity contribution in [1.82, 2.24) is 9.29 Å². The summed E-state index contributed by atoms with van der Waals surface area (Å²) in [5, 5.41) is 0.241. The van der Waals surface area contributed by atoms with E-state index in [1.54, 1.807) is 4.57 Å². The van der Waals surface area contributed by atoms with E-state index in [2.05, 4.69) is 4.72 Å². The number of alkyl halides is 6. The molecule has 0 saturated carbocycles. The fourth-order valence-electron chi connectivity index (χ4n) is 3.72. The van der Waals surface area contributed by atoms with Crippen LogP contribution in [0.25, 0.3) is 22.0 Å². The molecule has 1 heterocycles. The Morgan fingerprint density at radius 3 is 2.28 bits per heavy atom. The molecular formula is C22H23F6N2OS+. The molecule has 3 aromatic rings. The number of thiol groups is 1. The van der Waals surface area contributed by atoms with Crippen molar-refractivity contribution in [3.63, 3.8) is 0 Å². The second kappa shape index (κ2) is 8.90.